The highest BCUT2D eigenvalue weighted by molar-refractivity contribution is 5.92. The zero-order chi connectivity index (χ0) is 68.2. The lowest BCUT2D eigenvalue weighted by molar-refractivity contribution is 0.446. The van der Waals surface area contributed by atoms with Crippen molar-refractivity contribution in [2.75, 3.05) is 9.80 Å². The van der Waals surface area contributed by atoms with Gasteiger partial charge in [0.1, 0.15) is 46.3 Å². The Morgan fingerprint density at radius 2 is 0.770 bits per heavy atom. The van der Waals surface area contributed by atoms with Crippen molar-refractivity contribution in [2.45, 2.75) is 31.1 Å². The van der Waals surface area contributed by atoms with Crippen LogP contribution in [-0.4, -0.2) is 0 Å². The van der Waals surface area contributed by atoms with E-state index >= 15 is 17.6 Å². The van der Waals surface area contributed by atoms with Crippen LogP contribution in [0.15, 0.2) is 328 Å². The molecule has 3 unspecified atom stereocenters. The van der Waals surface area contributed by atoms with Gasteiger partial charge in [0.15, 0.2) is 0 Å². The SMILES string of the molecule is C=Cc1ccc(Oc2ccc(C3(c4ccc(F)cc4)c4ccccc4-c4ccc(N(c5ccc(F)cc5)c5ccc(-c6ccc(N(c7ccc(F)cc7)c7ccc8c(c7)C(c7ccc(Oc9ccc(C=C)cc9)cc7)(C7C=CC(F)=CC7)c7ccccc7-8)c(C)c6)cc5C)cc43)cc2)cc1. The Hall–Kier alpha value is -12.3. The van der Waals surface area contributed by atoms with Crippen LogP contribution in [0.3, 0.4) is 0 Å². The lowest BCUT2D eigenvalue weighted by Crippen LogP contribution is -2.35. The van der Waals surface area contributed by atoms with E-state index in [1.54, 1.807) is 36.4 Å². The Morgan fingerprint density at radius 3 is 1.23 bits per heavy atom. The summed E-state index contributed by atoms with van der Waals surface area (Å²) >= 11 is 0. The molecular weight excluding hydrogens is 1240 g/mol. The van der Waals surface area contributed by atoms with Crippen molar-refractivity contribution in [2.24, 2.45) is 5.92 Å². The quantitative estimate of drug-likeness (QED) is 0.0849. The maximum absolute atomic E-state index is 15.2. The van der Waals surface area contributed by atoms with Gasteiger partial charge in [-0.1, -0.05) is 165 Å². The fraction of sp³-hybridized carbons (Fsp3) is 0.0652. The topological polar surface area (TPSA) is 24.9 Å². The average Bonchev–Trinajstić information content (AvgIpc) is 1.57. The zero-order valence-corrected chi connectivity index (χ0v) is 55.0. The molecule has 3 atom stereocenters. The summed E-state index contributed by atoms with van der Waals surface area (Å²) in [5.74, 6) is 1.28. The van der Waals surface area contributed by atoms with Gasteiger partial charge in [-0.05, 0) is 291 Å². The normalized spacial score (nSPS) is 16.1. The molecule has 16 rings (SSSR count). The van der Waals surface area contributed by atoms with Gasteiger partial charge in [0, 0.05) is 34.1 Å². The minimum atomic E-state index is -0.907. The molecule has 0 aromatic heterocycles. The van der Waals surface area contributed by atoms with Gasteiger partial charge in [-0.25, -0.2) is 17.6 Å². The highest BCUT2D eigenvalue weighted by Crippen LogP contribution is 2.61. The molecule has 0 saturated heterocycles. The molecule has 3 aliphatic carbocycles. The van der Waals surface area contributed by atoms with Gasteiger partial charge in [0.05, 0.1) is 10.8 Å². The zero-order valence-electron chi connectivity index (χ0n) is 55.0. The number of ether oxygens (including phenoxy) is 2. The van der Waals surface area contributed by atoms with Crippen LogP contribution in [0.5, 0.6) is 23.0 Å². The summed E-state index contributed by atoms with van der Waals surface area (Å²) in [7, 11) is 0. The predicted molar refractivity (Wildman–Crippen MR) is 399 cm³/mol. The van der Waals surface area contributed by atoms with Gasteiger partial charge in [-0.15, -0.1) is 0 Å². The minimum Gasteiger partial charge on any atom is -0.457 e. The fourth-order valence-electron chi connectivity index (χ4n) is 15.6. The second kappa shape index (κ2) is 25.6. The summed E-state index contributed by atoms with van der Waals surface area (Å²) in [4.78, 5) is 4.37. The van der Waals surface area contributed by atoms with E-state index in [-0.39, 0.29) is 29.2 Å². The Bertz CT molecular complexity index is 5370. The standard InChI is InChI=1S/C92H66F4N2O2/c1-5-61-15-43-77(44-16-61)99-79-47-25-67(26-48-79)91(65-21-29-69(93)30-22-65)85-13-9-7-11-81(85)83-51-41-75(57-87(83)91)97(73-37-33-71(95)34-38-73)89-53-19-63(55-59(89)3)64-20-54-90(60(4)56-64)98(74-39-35-72(96)36-40-74)76-42-52-84-82-12-8-10-14-86(82)92(88(84)58-76,66-23-31-70(94)32-24-66)68-27-49-80(50-28-68)100-78-45-17-62(6-2)18-46-78/h5-23,25-58,66H,1-2,24H2,3-4H3. The number of anilines is 6. The molecular formula is C92H66F4N2O2. The molecule has 484 valence electrons. The number of hydrogen-bond donors (Lipinski definition) is 0. The molecule has 0 heterocycles. The van der Waals surface area contributed by atoms with Crippen molar-refractivity contribution in [1.29, 1.82) is 0 Å². The lowest BCUT2D eigenvalue weighted by atomic mass is 9.62. The van der Waals surface area contributed by atoms with E-state index in [1.807, 2.05) is 103 Å². The molecule has 0 aliphatic heterocycles. The van der Waals surface area contributed by atoms with Crippen molar-refractivity contribution < 1.29 is 27.0 Å². The summed E-state index contributed by atoms with van der Waals surface area (Å²) in [5, 5.41) is 0. The number of rotatable bonds is 17. The highest BCUT2D eigenvalue weighted by atomic mass is 19.1. The first-order chi connectivity index (χ1) is 48.9. The smallest absolute Gasteiger partial charge is 0.127 e. The summed E-state index contributed by atoms with van der Waals surface area (Å²) in [6.07, 6.45) is 9.36. The third-order valence-corrected chi connectivity index (χ3v) is 20.2. The minimum absolute atomic E-state index is 0.178. The van der Waals surface area contributed by atoms with E-state index < -0.39 is 10.8 Å². The van der Waals surface area contributed by atoms with E-state index in [9.17, 15) is 0 Å². The van der Waals surface area contributed by atoms with E-state index in [0.717, 1.165) is 129 Å². The van der Waals surface area contributed by atoms with Crippen LogP contribution in [0, 0.1) is 37.2 Å². The monoisotopic (exact) mass is 1310 g/mol. The first-order valence-electron chi connectivity index (χ1n) is 33.5. The van der Waals surface area contributed by atoms with Gasteiger partial charge in [-0.2, -0.15) is 0 Å². The van der Waals surface area contributed by atoms with Crippen molar-refractivity contribution in [3.63, 3.8) is 0 Å². The molecule has 0 bridgehead atoms. The summed E-state index contributed by atoms with van der Waals surface area (Å²) in [6, 6.07) is 95.1. The van der Waals surface area contributed by atoms with Crippen molar-refractivity contribution in [3.8, 4) is 56.4 Å². The number of benzene rings is 13. The molecule has 3 aliphatic rings. The lowest BCUT2D eigenvalue weighted by Gasteiger charge is -2.40. The molecule has 0 radical (unpaired) electrons. The van der Waals surface area contributed by atoms with Crippen LogP contribution in [0.1, 0.15) is 67.6 Å². The van der Waals surface area contributed by atoms with Crippen molar-refractivity contribution in [3.05, 3.63) is 407 Å². The molecule has 0 fully saturated rings. The second-order valence-electron chi connectivity index (χ2n) is 25.8. The maximum atomic E-state index is 15.2. The maximum Gasteiger partial charge on any atom is 0.127 e. The largest absolute Gasteiger partial charge is 0.457 e. The van der Waals surface area contributed by atoms with Crippen LogP contribution in [0.2, 0.25) is 0 Å². The third kappa shape index (κ3) is 10.9. The number of halogens is 4. The number of fused-ring (bicyclic) bond motifs is 6. The van der Waals surface area contributed by atoms with Crippen LogP contribution >= 0.6 is 0 Å². The molecule has 0 amide bonds. The summed E-state index contributed by atoms with van der Waals surface area (Å²) in [5.41, 5.74) is 20.6. The van der Waals surface area contributed by atoms with Gasteiger partial charge in [0.25, 0.3) is 0 Å². The van der Waals surface area contributed by atoms with Crippen LogP contribution in [0.25, 0.3) is 45.5 Å². The van der Waals surface area contributed by atoms with Crippen LogP contribution in [-0.2, 0) is 10.8 Å². The van der Waals surface area contributed by atoms with E-state index in [2.05, 4.69) is 182 Å². The van der Waals surface area contributed by atoms with Crippen LogP contribution < -0.4 is 19.3 Å². The van der Waals surface area contributed by atoms with E-state index in [0.29, 0.717) is 29.4 Å². The number of hydrogen-bond acceptors (Lipinski definition) is 4. The number of nitrogens with zero attached hydrogens (tertiary/aromatic N) is 2. The third-order valence-electron chi connectivity index (χ3n) is 20.2. The van der Waals surface area contributed by atoms with Gasteiger partial charge in [0.2, 0.25) is 0 Å². The molecule has 13 aromatic rings. The highest BCUT2D eigenvalue weighted by Gasteiger charge is 2.50. The molecule has 13 aromatic carbocycles. The Labute approximate surface area is 580 Å². The number of allylic oxidation sites excluding steroid dienone is 4. The average molecular weight is 1310 g/mol. The fourth-order valence-corrected chi connectivity index (χ4v) is 15.6. The molecule has 0 N–H and O–H groups in total. The first kappa shape index (κ1) is 62.5. The van der Waals surface area contributed by atoms with E-state index in [4.69, 9.17) is 9.47 Å². The molecule has 4 nitrogen and oxygen atoms in total. The summed E-state index contributed by atoms with van der Waals surface area (Å²) in [6.45, 7) is 12.0. The molecule has 8 heteroatoms. The van der Waals surface area contributed by atoms with Crippen molar-refractivity contribution in [1.82, 2.24) is 0 Å². The Morgan fingerprint density at radius 1 is 0.380 bits per heavy atom. The first-order valence-corrected chi connectivity index (χ1v) is 33.5. The van der Waals surface area contributed by atoms with Crippen molar-refractivity contribution >= 4 is 46.3 Å². The molecule has 100 heavy (non-hydrogen) atoms. The van der Waals surface area contributed by atoms with Gasteiger partial charge < -0.3 is 19.3 Å². The second-order valence-corrected chi connectivity index (χ2v) is 25.8. The van der Waals surface area contributed by atoms with E-state index in [1.165, 1.54) is 36.4 Å². The van der Waals surface area contributed by atoms with Gasteiger partial charge >= 0.3 is 0 Å². The Kier molecular flexibility index (Phi) is 16.0. The number of aryl methyl sites for hydroxylation is 2. The molecule has 0 saturated carbocycles. The van der Waals surface area contributed by atoms with Crippen LogP contribution in [0.4, 0.5) is 51.7 Å². The summed E-state index contributed by atoms with van der Waals surface area (Å²) < 4.78 is 73.2. The Balaban J connectivity index is 0.778. The van der Waals surface area contributed by atoms with Gasteiger partial charge in [-0.3, -0.25) is 0 Å². The molecule has 0 spiro atoms. The predicted octanol–water partition coefficient (Wildman–Crippen LogP) is 25.3.